The van der Waals surface area contributed by atoms with Crippen LogP contribution in [0.1, 0.15) is 24.4 Å². The number of nitrogens with zero attached hydrogens (tertiary/aromatic N) is 4. The topological polar surface area (TPSA) is 52.8 Å². The van der Waals surface area contributed by atoms with E-state index in [0.717, 1.165) is 11.4 Å². The lowest BCUT2D eigenvalue weighted by Gasteiger charge is -2.26. The number of hydrogen-bond donors (Lipinski definition) is 0. The van der Waals surface area contributed by atoms with E-state index in [1.807, 2.05) is 37.4 Å². The molecule has 0 aliphatic heterocycles. The quantitative estimate of drug-likeness (QED) is 0.824. The molecule has 0 spiro atoms. The third kappa shape index (κ3) is 2.46. The van der Waals surface area contributed by atoms with E-state index in [1.165, 1.54) is 0 Å². The normalized spacial score (nSPS) is 11.6. The van der Waals surface area contributed by atoms with Crippen LogP contribution in [-0.4, -0.2) is 17.0 Å². The van der Waals surface area contributed by atoms with E-state index in [1.54, 1.807) is 18.5 Å². The molecule has 0 saturated carbocycles. The molecule has 1 unspecified atom stereocenters. The number of aromatic nitrogens is 2. The Morgan fingerprint density at radius 3 is 2.61 bits per heavy atom. The molecule has 4 nitrogen and oxygen atoms in total. The maximum atomic E-state index is 8.72. The van der Waals surface area contributed by atoms with Gasteiger partial charge >= 0.3 is 0 Å². The average molecular weight is 238 g/mol. The zero-order valence-corrected chi connectivity index (χ0v) is 10.4. The average Bonchev–Trinajstić information content (AvgIpc) is 2.47. The van der Waals surface area contributed by atoms with Crippen LogP contribution in [0.3, 0.4) is 0 Å². The van der Waals surface area contributed by atoms with Gasteiger partial charge in [-0.1, -0.05) is 6.07 Å². The van der Waals surface area contributed by atoms with Crippen LogP contribution in [0.25, 0.3) is 0 Å². The highest BCUT2D eigenvalue weighted by Crippen LogP contribution is 2.22. The first kappa shape index (κ1) is 12.1. The lowest BCUT2D eigenvalue weighted by atomic mass is 10.2. The number of rotatable bonds is 3. The number of nitriles is 1. The third-order valence-electron chi connectivity index (χ3n) is 2.97. The van der Waals surface area contributed by atoms with Crippen LogP contribution in [0.15, 0.2) is 42.7 Å². The summed E-state index contributed by atoms with van der Waals surface area (Å²) in [5.74, 6) is 0. The summed E-state index contributed by atoms with van der Waals surface area (Å²) in [6.45, 7) is 2.08. The Hall–Kier alpha value is -2.41. The van der Waals surface area contributed by atoms with Crippen LogP contribution < -0.4 is 4.90 Å². The summed E-state index contributed by atoms with van der Waals surface area (Å²) in [4.78, 5) is 10.5. The van der Waals surface area contributed by atoms with Crippen molar-refractivity contribution in [1.29, 1.82) is 5.26 Å². The van der Waals surface area contributed by atoms with E-state index in [2.05, 4.69) is 21.8 Å². The van der Waals surface area contributed by atoms with Gasteiger partial charge in [0, 0.05) is 13.2 Å². The summed E-state index contributed by atoms with van der Waals surface area (Å²) in [7, 11) is 1.99. The summed E-state index contributed by atoms with van der Waals surface area (Å²) in [5.41, 5.74) is 2.40. The smallest absolute Gasteiger partial charge is 0.140 e. The van der Waals surface area contributed by atoms with Gasteiger partial charge in [0.25, 0.3) is 0 Å². The first-order valence-corrected chi connectivity index (χ1v) is 5.72. The monoisotopic (exact) mass is 238 g/mol. The van der Waals surface area contributed by atoms with Crippen molar-refractivity contribution in [1.82, 2.24) is 9.97 Å². The van der Waals surface area contributed by atoms with Crippen molar-refractivity contribution in [2.45, 2.75) is 13.0 Å². The van der Waals surface area contributed by atoms with Crippen molar-refractivity contribution in [3.63, 3.8) is 0 Å². The Kier molecular flexibility index (Phi) is 3.54. The van der Waals surface area contributed by atoms with Gasteiger partial charge < -0.3 is 4.90 Å². The summed E-state index contributed by atoms with van der Waals surface area (Å²) in [6.07, 6.45) is 3.49. The Labute approximate surface area is 107 Å². The van der Waals surface area contributed by atoms with Crippen LogP contribution in [-0.2, 0) is 0 Å². The Morgan fingerprint density at radius 2 is 2.06 bits per heavy atom. The molecule has 0 amide bonds. The van der Waals surface area contributed by atoms with Gasteiger partial charge in [0.05, 0.1) is 23.6 Å². The van der Waals surface area contributed by atoms with Crippen LogP contribution in [0.2, 0.25) is 0 Å². The number of pyridine rings is 2. The minimum absolute atomic E-state index is 0.154. The maximum absolute atomic E-state index is 8.72. The van der Waals surface area contributed by atoms with E-state index >= 15 is 0 Å². The second-order valence-corrected chi connectivity index (χ2v) is 4.05. The molecule has 0 N–H and O–H groups in total. The maximum Gasteiger partial charge on any atom is 0.140 e. The molecule has 0 saturated heterocycles. The van der Waals surface area contributed by atoms with E-state index < -0.39 is 0 Å². The molecule has 0 aromatic carbocycles. The van der Waals surface area contributed by atoms with Crippen molar-refractivity contribution in [3.8, 4) is 6.07 Å². The van der Waals surface area contributed by atoms with Gasteiger partial charge in [-0.05, 0) is 31.2 Å². The molecular weight excluding hydrogens is 224 g/mol. The molecule has 18 heavy (non-hydrogen) atoms. The number of hydrogen-bond acceptors (Lipinski definition) is 4. The molecule has 0 aliphatic rings. The second kappa shape index (κ2) is 5.28. The van der Waals surface area contributed by atoms with Gasteiger partial charge in [-0.3, -0.25) is 4.98 Å². The molecule has 2 aromatic heterocycles. The zero-order valence-electron chi connectivity index (χ0n) is 10.4. The zero-order chi connectivity index (χ0) is 13.0. The first-order valence-electron chi connectivity index (χ1n) is 5.72. The van der Waals surface area contributed by atoms with Crippen molar-refractivity contribution >= 4 is 5.69 Å². The predicted octanol–water partition coefficient (Wildman–Crippen LogP) is 2.55. The van der Waals surface area contributed by atoms with E-state index in [-0.39, 0.29) is 6.04 Å². The molecule has 0 aliphatic carbocycles. The molecule has 90 valence electrons. The van der Waals surface area contributed by atoms with Gasteiger partial charge in [0.1, 0.15) is 11.8 Å². The van der Waals surface area contributed by atoms with Gasteiger partial charge in [0.2, 0.25) is 0 Å². The highest BCUT2D eigenvalue weighted by atomic mass is 15.1. The fraction of sp³-hybridized carbons (Fsp3) is 0.214. The summed E-state index contributed by atoms with van der Waals surface area (Å²) in [5, 5.41) is 8.72. The van der Waals surface area contributed by atoms with E-state index in [9.17, 15) is 0 Å². The minimum Gasteiger partial charge on any atom is -0.365 e. The van der Waals surface area contributed by atoms with Crippen molar-refractivity contribution in [3.05, 3.63) is 54.1 Å². The number of anilines is 1. The molecule has 0 radical (unpaired) electrons. The highest BCUT2D eigenvalue weighted by molar-refractivity contribution is 5.46. The Morgan fingerprint density at radius 1 is 1.22 bits per heavy atom. The van der Waals surface area contributed by atoms with E-state index in [0.29, 0.717) is 5.69 Å². The van der Waals surface area contributed by atoms with Gasteiger partial charge in [-0.15, -0.1) is 0 Å². The fourth-order valence-electron chi connectivity index (χ4n) is 1.71. The lowest BCUT2D eigenvalue weighted by Crippen LogP contribution is -2.22. The summed E-state index contributed by atoms with van der Waals surface area (Å²) in [6, 6.07) is 11.7. The second-order valence-electron chi connectivity index (χ2n) is 4.05. The molecule has 0 bridgehead atoms. The SMILES string of the molecule is CC(c1ccccn1)N(C)c1ccc(C#N)nc1. The lowest BCUT2D eigenvalue weighted by molar-refractivity contribution is 0.713. The van der Waals surface area contributed by atoms with Crippen LogP contribution in [0.4, 0.5) is 5.69 Å². The fourth-order valence-corrected chi connectivity index (χ4v) is 1.71. The van der Waals surface area contributed by atoms with Gasteiger partial charge in [0.15, 0.2) is 0 Å². The third-order valence-corrected chi connectivity index (χ3v) is 2.97. The molecule has 1 atom stereocenters. The van der Waals surface area contributed by atoms with Crippen LogP contribution in [0.5, 0.6) is 0 Å². The first-order chi connectivity index (χ1) is 8.72. The van der Waals surface area contributed by atoms with Crippen molar-refractivity contribution in [2.24, 2.45) is 0 Å². The summed E-state index contributed by atoms with van der Waals surface area (Å²) >= 11 is 0. The van der Waals surface area contributed by atoms with Crippen LogP contribution >= 0.6 is 0 Å². The Balaban J connectivity index is 2.20. The summed E-state index contributed by atoms with van der Waals surface area (Å²) < 4.78 is 0. The molecule has 4 heteroatoms. The van der Waals surface area contributed by atoms with Crippen molar-refractivity contribution < 1.29 is 0 Å². The minimum atomic E-state index is 0.154. The predicted molar refractivity (Wildman–Crippen MR) is 70.0 cm³/mol. The van der Waals surface area contributed by atoms with Crippen LogP contribution in [0, 0.1) is 11.3 Å². The van der Waals surface area contributed by atoms with Gasteiger partial charge in [-0.25, -0.2) is 4.98 Å². The standard InChI is InChI=1S/C14H14N4/c1-11(14-5-3-4-8-16-14)18(2)13-7-6-12(9-15)17-10-13/h3-8,10-11H,1-2H3. The molecular formula is C14H14N4. The molecule has 2 rings (SSSR count). The Bertz CT molecular complexity index is 542. The molecule has 2 heterocycles. The highest BCUT2D eigenvalue weighted by Gasteiger charge is 2.13. The van der Waals surface area contributed by atoms with Crippen molar-refractivity contribution in [2.75, 3.05) is 11.9 Å². The van der Waals surface area contributed by atoms with Gasteiger partial charge in [-0.2, -0.15) is 5.26 Å². The molecule has 0 fully saturated rings. The molecule has 2 aromatic rings. The van der Waals surface area contributed by atoms with E-state index in [4.69, 9.17) is 5.26 Å². The largest absolute Gasteiger partial charge is 0.365 e.